The normalized spacial score (nSPS) is 13.6. The number of aldehydes is 1. The van der Waals surface area contributed by atoms with Gasteiger partial charge in [-0.05, 0) is 55.6 Å². The molecule has 0 radical (unpaired) electrons. The third kappa shape index (κ3) is 6.15. The Morgan fingerprint density at radius 1 is 1.08 bits per heavy atom. The lowest BCUT2D eigenvalue weighted by Crippen LogP contribution is -2.44. The van der Waals surface area contributed by atoms with Crippen LogP contribution in [0.1, 0.15) is 20.8 Å². The maximum Gasteiger partial charge on any atom is 0.270 e. The van der Waals surface area contributed by atoms with Crippen molar-refractivity contribution in [3.63, 3.8) is 0 Å². The summed E-state index contributed by atoms with van der Waals surface area (Å²) in [6.45, 7) is 4.35. The third-order valence-corrected chi connectivity index (χ3v) is 6.83. The number of hydrogen-bond acceptors (Lipinski definition) is 9. The highest BCUT2D eigenvalue weighted by Gasteiger charge is 2.15. The van der Waals surface area contributed by atoms with Gasteiger partial charge in [-0.2, -0.15) is 0 Å². The molecule has 0 atom stereocenters. The minimum absolute atomic E-state index is 0.243. The summed E-state index contributed by atoms with van der Waals surface area (Å²) in [4.78, 5) is 35.0. The van der Waals surface area contributed by atoms with Gasteiger partial charge in [0.15, 0.2) is 10.8 Å². The number of rotatable bonds is 6. The summed E-state index contributed by atoms with van der Waals surface area (Å²) in [5.74, 6) is -0.550. The molecule has 2 aromatic heterocycles. The van der Waals surface area contributed by atoms with E-state index in [1.165, 1.54) is 17.0 Å². The number of nitrogens with two attached hydrogens (primary N) is 1. The predicted molar refractivity (Wildman–Crippen MR) is 147 cm³/mol. The quantitative estimate of drug-likeness (QED) is 0.340. The van der Waals surface area contributed by atoms with E-state index in [0.29, 0.717) is 10.1 Å². The van der Waals surface area contributed by atoms with Crippen LogP contribution < -0.4 is 21.3 Å². The highest BCUT2D eigenvalue weighted by molar-refractivity contribution is 7.19. The van der Waals surface area contributed by atoms with E-state index in [2.05, 4.69) is 37.4 Å². The number of likely N-dealkylation sites (N-methyl/N-ethyl adjacent to an activating group) is 1. The van der Waals surface area contributed by atoms with Crippen molar-refractivity contribution in [2.45, 2.75) is 0 Å². The smallest absolute Gasteiger partial charge is 0.270 e. The summed E-state index contributed by atoms with van der Waals surface area (Å²) < 4.78 is 0. The highest BCUT2D eigenvalue weighted by Crippen LogP contribution is 2.30. The van der Waals surface area contributed by atoms with Crippen LogP contribution in [0.15, 0.2) is 60.8 Å². The number of pyridine rings is 1. The van der Waals surface area contributed by atoms with Crippen molar-refractivity contribution in [1.82, 2.24) is 14.9 Å². The molecule has 1 aliphatic rings. The molecule has 1 aliphatic heterocycles. The van der Waals surface area contributed by atoms with Crippen LogP contribution in [0.4, 0.5) is 21.5 Å². The van der Waals surface area contributed by atoms with Crippen molar-refractivity contribution in [2.24, 2.45) is 5.73 Å². The Morgan fingerprint density at radius 2 is 1.83 bits per heavy atom. The van der Waals surface area contributed by atoms with E-state index in [4.69, 9.17) is 5.73 Å². The molecule has 4 N–H and O–H groups in total. The van der Waals surface area contributed by atoms with Crippen molar-refractivity contribution in [1.29, 1.82) is 0 Å². The fourth-order valence-corrected chi connectivity index (χ4v) is 4.66. The summed E-state index contributed by atoms with van der Waals surface area (Å²) >= 11 is 1.34. The molecule has 0 spiro atoms. The first-order valence-corrected chi connectivity index (χ1v) is 12.4. The van der Waals surface area contributed by atoms with Crippen LogP contribution in [0.25, 0.3) is 10.9 Å². The average Bonchev–Trinajstić information content (AvgIpc) is 3.33. The van der Waals surface area contributed by atoms with E-state index >= 15 is 0 Å². The zero-order valence-electron chi connectivity index (χ0n) is 20.3. The van der Waals surface area contributed by atoms with Gasteiger partial charge in [0, 0.05) is 61.7 Å². The van der Waals surface area contributed by atoms with Gasteiger partial charge < -0.3 is 26.2 Å². The van der Waals surface area contributed by atoms with Gasteiger partial charge in [-0.15, -0.1) is 0 Å². The lowest BCUT2D eigenvalue weighted by atomic mass is 10.2. The molecule has 0 bridgehead atoms. The molecule has 0 unspecified atom stereocenters. The van der Waals surface area contributed by atoms with Gasteiger partial charge in [-0.25, -0.2) is 4.98 Å². The van der Waals surface area contributed by atoms with Crippen LogP contribution in [0, 0.1) is 0 Å². The summed E-state index contributed by atoms with van der Waals surface area (Å²) in [7, 11) is 3.87. The second-order valence-corrected chi connectivity index (χ2v) is 9.35. The first-order valence-electron chi connectivity index (χ1n) is 11.6. The number of carbonyl (C=O) groups excluding carboxylic acids is 2. The summed E-state index contributed by atoms with van der Waals surface area (Å²) in [5.41, 5.74) is 9.31. The van der Waals surface area contributed by atoms with E-state index in [0.717, 1.165) is 54.6 Å². The Morgan fingerprint density at radius 3 is 2.47 bits per heavy atom. The van der Waals surface area contributed by atoms with Crippen molar-refractivity contribution >= 4 is 55.9 Å². The molecule has 3 heterocycles. The number of nitrogens with zero attached hydrogens (tertiary/aromatic N) is 4. The molecule has 186 valence electrons. The number of piperazine rings is 1. The number of amides is 1. The van der Waals surface area contributed by atoms with Gasteiger partial charge in [0.05, 0.1) is 5.52 Å². The monoisotopic (exact) mass is 503 g/mol. The van der Waals surface area contributed by atoms with Crippen molar-refractivity contribution < 1.29 is 9.59 Å². The van der Waals surface area contributed by atoms with Gasteiger partial charge in [0.2, 0.25) is 0 Å². The molecule has 9 nitrogen and oxygen atoms in total. The molecule has 5 rings (SSSR count). The van der Waals surface area contributed by atoms with E-state index in [1.54, 1.807) is 13.2 Å². The van der Waals surface area contributed by atoms with E-state index < -0.39 is 5.91 Å². The zero-order chi connectivity index (χ0) is 25.5. The van der Waals surface area contributed by atoms with Crippen LogP contribution in [-0.2, 0) is 0 Å². The highest BCUT2D eigenvalue weighted by atomic mass is 32.1. The van der Waals surface area contributed by atoms with Crippen LogP contribution in [-0.4, -0.2) is 67.3 Å². The summed E-state index contributed by atoms with van der Waals surface area (Å²) in [5, 5.41) is 8.38. The van der Waals surface area contributed by atoms with Crippen LogP contribution in [0.2, 0.25) is 0 Å². The lowest BCUT2D eigenvalue weighted by molar-refractivity contribution is 0.0996. The van der Waals surface area contributed by atoms with Gasteiger partial charge in [-0.1, -0.05) is 17.4 Å². The van der Waals surface area contributed by atoms with Crippen molar-refractivity contribution in [3.8, 4) is 0 Å². The Kier molecular flexibility index (Phi) is 8.09. The molecular formula is C26H29N7O2S. The molecule has 4 aromatic rings. The number of nitrogens with one attached hydrogen (secondary N) is 2. The second-order valence-electron chi connectivity index (χ2n) is 8.35. The maximum absolute atomic E-state index is 11.3. The standard InChI is InChI=1S/C14H13N5OS.C12H16N2O/c1-16-13-11(12(15)20)19-14(21-13)18-9-4-5-10-8(7-9)3-2-6-17-10;1-13-6-8-14(9-7-13)12-4-2-11(10-15)3-5-12/h2-7,16H,1H3,(H2,15,20)(H,18,19);2-5,10H,6-9H2,1H3. The topological polar surface area (TPSA) is 116 Å². The Balaban J connectivity index is 0.000000179. The minimum Gasteiger partial charge on any atom is -0.378 e. The Bertz CT molecular complexity index is 1330. The second kappa shape index (κ2) is 11.6. The van der Waals surface area contributed by atoms with Crippen molar-refractivity contribution in [2.75, 3.05) is 55.8 Å². The molecule has 1 amide bonds. The number of primary amides is 1. The van der Waals surface area contributed by atoms with Crippen molar-refractivity contribution in [3.05, 3.63) is 72.1 Å². The van der Waals surface area contributed by atoms with E-state index in [9.17, 15) is 9.59 Å². The average molecular weight is 504 g/mol. The van der Waals surface area contributed by atoms with Crippen LogP contribution >= 0.6 is 11.3 Å². The lowest BCUT2D eigenvalue weighted by Gasteiger charge is -2.34. The summed E-state index contributed by atoms with van der Waals surface area (Å²) in [6.07, 6.45) is 2.64. The predicted octanol–water partition coefficient (Wildman–Crippen LogP) is 3.83. The molecule has 0 aliphatic carbocycles. The van der Waals surface area contributed by atoms with Gasteiger partial charge in [0.1, 0.15) is 11.3 Å². The van der Waals surface area contributed by atoms with Crippen LogP contribution in [0.5, 0.6) is 0 Å². The van der Waals surface area contributed by atoms with Crippen LogP contribution in [0.3, 0.4) is 0 Å². The largest absolute Gasteiger partial charge is 0.378 e. The molecule has 2 aromatic carbocycles. The number of aromatic nitrogens is 2. The third-order valence-electron chi connectivity index (χ3n) is 5.84. The molecule has 36 heavy (non-hydrogen) atoms. The number of carbonyl (C=O) groups is 2. The number of benzene rings is 2. The fourth-order valence-electron chi connectivity index (χ4n) is 3.82. The zero-order valence-corrected chi connectivity index (χ0v) is 21.1. The van der Waals surface area contributed by atoms with Gasteiger partial charge in [0.25, 0.3) is 5.91 Å². The van der Waals surface area contributed by atoms with Gasteiger partial charge in [-0.3, -0.25) is 14.6 Å². The number of thiazole rings is 1. The first kappa shape index (κ1) is 25.1. The van der Waals surface area contributed by atoms with E-state index in [1.807, 2.05) is 54.6 Å². The number of hydrogen-bond donors (Lipinski definition) is 3. The number of fused-ring (bicyclic) bond motifs is 1. The number of anilines is 4. The summed E-state index contributed by atoms with van der Waals surface area (Å²) in [6, 6.07) is 17.5. The Hall–Kier alpha value is -4.02. The first-order chi connectivity index (χ1) is 17.5. The van der Waals surface area contributed by atoms with Gasteiger partial charge >= 0.3 is 0 Å². The fraction of sp³-hybridized carbons (Fsp3) is 0.231. The molecule has 1 fully saturated rings. The Labute approximate surface area is 214 Å². The molecular weight excluding hydrogens is 474 g/mol. The molecule has 10 heteroatoms. The molecule has 0 saturated carbocycles. The van der Waals surface area contributed by atoms with E-state index in [-0.39, 0.29) is 5.69 Å². The SMILES string of the molecule is CN1CCN(c2ccc(C=O)cc2)CC1.CNc1sc(Nc2ccc3ncccc3c2)nc1C(N)=O. The minimum atomic E-state index is -0.550. The molecule has 1 saturated heterocycles. The maximum atomic E-state index is 11.3.